The minimum atomic E-state index is -0.206. The highest BCUT2D eigenvalue weighted by atomic mass is 19.1. The van der Waals surface area contributed by atoms with Gasteiger partial charge in [0.1, 0.15) is 5.82 Å². The van der Waals surface area contributed by atoms with Gasteiger partial charge in [0.15, 0.2) is 0 Å². The zero-order valence-corrected chi connectivity index (χ0v) is 13.3. The first-order valence-electron chi connectivity index (χ1n) is 7.62. The average Bonchev–Trinajstić information content (AvgIpc) is 2.85. The van der Waals surface area contributed by atoms with Crippen LogP contribution in [0.3, 0.4) is 0 Å². The third-order valence-corrected chi connectivity index (χ3v) is 3.71. The first kappa shape index (κ1) is 15.7. The monoisotopic (exact) mass is 289 g/mol. The van der Waals surface area contributed by atoms with E-state index in [0.29, 0.717) is 0 Å². The minimum Gasteiger partial charge on any atom is -0.310 e. The van der Waals surface area contributed by atoms with Crippen molar-refractivity contribution in [2.24, 2.45) is 7.05 Å². The van der Waals surface area contributed by atoms with Gasteiger partial charge in [0.25, 0.3) is 0 Å². The van der Waals surface area contributed by atoms with Crippen LogP contribution in [0.25, 0.3) is 11.1 Å². The van der Waals surface area contributed by atoms with Crippen molar-refractivity contribution in [3.8, 4) is 11.1 Å². The highest BCUT2D eigenvalue weighted by molar-refractivity contribution is 5.69. The van der Waals surface area contributed by atoms with Crippen LogP contribution in [0, 0.1) is 5.82 Å². The predicted octanol–water partition coefficient (Wildman–Crippen LogP) is 3.85. The van der Waals surface area contributed by atoms with E-state index in [4.69, 9.17) is 0 Å². The fourth-order valence-corrected chi connectivity index (χ4v) is 2.63. The number of hydrogen-bond donors (Lipinski definition) is 1. The molecule has 0 saturated heterocycles. The summed E-state index contributed by atoms with van der Waals surface area (Å²) in [5.41, 5.74) is 4.09. The molecule has 114 valence electrons. The molecule has 1 unspecified atom stereocenters. The van der Waals surface area contributed by atoms with E-state index in [0.717, 1.165) is 41.8 Å². The van der Waals surface area contributed by atoms with Gasteiger partial charge in [0.2, 0.25) is 0 Å². The Morgan fingerprint density at radius 1 is 1.29 bits per heavy atom. The van der Waals surface area contributed by atoms with Gasteiger partial charge in [-0.05, 0) is 49.6 Å². The maximum atomic E-state index is 13.7. The fourth-order valence-electron chi connectivity index (χ4n) is 2.63. The second-order valence-corrected chi connectivity index (χ2v) is 5.42. The lowest BCUT2D eigenvalue weighted by molar-refractivity contribution is 0.569. The third kappa shape index (κ3) is 3.50. The molecule has 0 saturated carbocycles. The molecule has 0 amide bonds. The Kier molecular flexibility index (Phi) is 5.12. The van der Waals surface area contributed by atoms with Crippen molar-refractivity contribution in [2.45, 2.75) is 39.7 Å². The molecule has 1 aromatic heterocycles. The zero-order chi connectivity index (χ0) is 15.4. The van der Waals surface area contributed by atoms with E-state index in [2.05, 4.69) is 31.2 Å². The Hall–Kier alpha value is -1.68. The molecule has 4 heteroatoms. The van der Waals surface area contributed by atoms with Crippen LogP contribution >= 0.6 is 0 Å². The summed E-state index contributed by atoms with van der Waals surface area (Å²) < 4.78 is 15.5. The van der Waals surface area contributed by atoms with E-state index < -0.39 is 0 Å². The lowest BCUT2D eigenvalue weighted by atomic mass is 9.95. The number of nitrogens with one attached hydrogen (secondary N) is 1. The van der Waals surface area contributed by atoms with Gasteiger partial charge >= 0.3 is 0 Å². The van der Waals surface area contributed by atoms with Crippen LogP contribution in [0.4, 0.5) is 4.39 Å². The molecule has 1 N–H and O–H groups in total. The molecule has 0 bridgehead atoms. The molecule has 0 spiro atoms. The first-order chi connectivity index (χ1) is 10.1. The van der Waals surface area contributed by atoms with Crippen LogP contribution < -0.4 is 5.32 Å². The maximum Gasteiger partial charge on any atom is 0.123 e. The van der Waals surface area contributed by atoms with Crippen molar-refractivity contribution >= 4 is 0 Å². The molecule has 1 heterocycles. The van der Waals surface area contributed by atoms with Gasteiger partial charge in [-0.15, -0.1) is 0 Å². The van der Waals surface area contributed by atoms with Gasteiger partial charge in [0.05, 0.1) is 5.69 Å². The van der Waals surface area contributed by atoms with Crippen molar-refractivity contribution in [1.29, 1.82) is 0 Å². The summed E-state index contributed by atoms with van der Waals surface area (Å²) in [5, 5.41) is 7.94. The maximum absolute atomic E-state index is 13.7. The number of rotatable bonds is 6. The SMILES string of the molecule is CCCNC(C)c1ccc(F)cc1-c1cn(C)nc1CC. The molecule has 0 aliphatic carbocycles. The van der Waals surface area contributed by atoms with Gasteiger partial charge in [0, 0.05) is 24.8 Å². The summed E-state index contributed by atoms with van der Waals surface area (Å²) >= 11 is 0. The molecule has 1 atom stereocenters. The zero-order valence-electron chi connectivity index (χ0n) is 13.3. The van der Waals surface area contributed by atoms with Crippen LogP contribution in [0.5, 0.6) is 0 Å². The van der Waals surface area contributed by atoms with Gasteiger partial charge in [-0.25, -0.2) is 4.39 Å². The molecule has 1 aromatic carbocycles. The van der Waals surface area contributed by atoms with Crippen LogP contribution in [0.2, 0.25) is 0 Å². The second-order valence-electron chi connectivity index (χ2n) is 5.42. The van der Waals surface area contributed by atoms with Crippen molar-refractivity contribution in [3.63, 3.8) is 0 Å². The Balaban J connectivity index is 2.48. The van der Waals surface area contributed by atoms with Gasteiger partial charge < -0.3 is 5.32 Å². The Morgan fingerprint density at radius 2 is 2.05 bits per heavy atom. The predicted molar refractivity (Wildman–Crippen MR) is 84.7 cm³/mol. The average molecular weight is 289 g/mol. The lowest BCUT2D eigenvalue weighted by Crippen LogP contribution is -2.20. The Morgan fingerprint density at radius 3 is 2.71 bits per heavy atom. The van der Waals surface area contributed by atoms with E-state index in [9.17, 15) is 4.39 Å². The van der Waals surface area contributed by atoms with Crippen LogP contribution in [-0.4, -0.2) is 16.3 Å². The topological polar surface area (TPSA) is 29.9 Å². The molecule has 0 aliphatic rings. The van der Waals surface area contributed by atoms with Crippen molar-refractivity contribution in [3.05, 3.63) is 41.5 Å². The smallest absolute Gasteiger partial charge is 0.123 e. The van der Waals surface area contributed by atoms with Crippen molar-refractivity contribution in [2.75, 3.05) is 6.54 Å². The summed E-state index contributed by atoms with van der Waals surface area (Å²) in [7, 11) is 1.90. The number of hydrogen-bond acceptors (Lipinski definition) is 2. The quantitative estimate of drug-likeness (QED) is 0.875. The fraction of sp³-hybridized carbons (Fsp3) is 0.471. The van der Waals surface area contributed by atoms with Gasteiger partial charge in [-0.2, -0.15) is 5.10 Å². The summed E-state index contributed by atoms with van der Waals surface area (Å²) in [5.74, 6) is -0.206. The van der Waals surface area contributed by atoms with Crippen molar-refractivity contribution in [1.82, 2.24) is 15.1 Å². The largest absolute Gasteiger partial charge is 0.310 e. The molecule has 0 radical (unpaired) electrons. The van der Waals surface area contributed by atoms with E-state index >= 15 is 0 Å². The Bertz CT molecular complexity index is 604. The molecule has 0 fully saturated rings. The minimum absolute atomic E-state index is 0.186. The van der Waals surface area contributed by atoms with E-state index in [-0.39, 0.29) is 11.9 Å². The Labute approximate surface area is 126 Å². The number of halogens is 1. The summed E-state index contributed by atoms with van der Waals surface area (Å²) in [6, 6.07) is 5.22. The van der Waals surface area contributed by atoms with Crippen molar-refractivity contribution < 1.29 is 4.39 Å². The van der Waals surface area contributed by atoms with E-state index in [1.54, 1.807) is 10.7 Å². The number of nitrogens with zero attached hydrogens (tertiary/aromatic N) is 2. The molecule has 0 aliphatic heterocycles. The molecule has 2 rings (SSSR count). The van der Waals surface area contributed by atoms with Crippen LogP contribution in [0.1, 0.15) is 44.5 Å². The summed E-state index contributed by atoms with van der Waals surface area (Å²) in [4.78, 5) is 0. The number of aromatic nitrogens is 2. The normalized spacial score (nSPS) is 12.6. The molecule has 21 heavy (non-hydrogen) atoms. The molecular weight excluding hydrogens is 265 g/mol. The molecular formula is C17H24FN3. The van der Waals surface area contributed by atoms with Gasteiger partial charge in [-0.3, -0.25) is 4.68 Å². The molecule has 3 nitrogen and oxygen atoms in total. The van der Waals surface area contributed by atoms with E-state index in [1.807, 2.05) is 19.3 Å². The number of benzene rings is 1. The third-order valence-electron chi connectivity index (χ3n) is 3.71. The summed E-state index contributed by atoms with van der Waals surface area (Å²) in [6.45, 7) is 7.28. The standard InChI is InChI=1S/C17H24FN3/c1-5-9-19-12(3)14-8-7-13(18)10-15(14)16-11-21(4)20-17(16)6-2/h7-8,10-12,19H,5-6,9H2,1-4H3. The number of aryl methyl sites for hydroxylation is 2. The summed E-state index contributed by atoms with van der Waals surface area (Å²) in [6.07, 6.45) is 3.89. The second kappa shape index (κ2) is 6.85. The highest BCUT2D eigenvalue weighted by Gasteiger charge is 2.16. The molecule has 2 aromatic rings. The van der Waals surface area contributed by atoms with E-state index in [1.165, 1.54) is 6.07 Å². The first-order valence-corrected chi connectivity index (χ1v) is 7.62. The lowest BCUT2D eigenvalue weighted by Gasteiger charge is -2.18. The highest BCUT2D eigenvalue weighted by Crippen LogP contribution is 2.31. The van der Waals surface area contributed by atoms with Crippen LogP contribution in [0.15, 0.2) is 24.4 Å². The van der Waals surface area contributed by atoms with Gasteiger partial charge in [-0.1, -0.05) is 19.9 Å². The van der Waals surface area contributed by atoms with Crippen LogP contribution in [-0.2, 0) is 13.5 Å².